The largest absolute Gasteiger partial charge is 0.347 e. The smallest absolute Gasteiger partial charge is 0.291 e. The monoisotopic (exact) mass is 262 g/mol. The molecule has 0 bridgehead atoms. The summed E-state index contributed by atoms with van der Waals surface area (Å²) in [6.45, 7) is 4.59. The number of rotatable bonds is 3. The molecule has 2 aliphatic carbocycles. The topological polar surface area (TPSA) is 70.7 Å². The maximum absolute atomic E-state index is 12.1. The molecule has 0 aliphatic heterocycles. The van der Waals surface area contributed by atoms with E-state index in [2.05, 4.69) is 34.3 Å². The van der Waals surface area contributed by atoms with Crippen molar-refractivity contribution in [2.45, 2.75) is 64.3 Å². The van der Waals surface area contributed by atoms with Gasteiger partial charge in [-0.3, -0.25) is 9.89 Å². The second kappa shape index (κ2) is 4.62. The zero-order chi connectivity index (χ0) is 13.5. The fraction of sp³-hybridized carbons (Fsp3) is 0.786. The third-order valence-corrected chi connectivity index (χ3v) is 4.34. The van der Waals surface area contributed by atoms with Gasteiger partial charge in [-0.05, 0) is 43.9 Å². The normalized spacial score (nSPS) is 23.3. The van der Waals surface area contributed by atoms with Crippen LogP contribution in [0.25, 0.3) is 0 Å². The van der Waals surface area contributed by atoms with Crippen LogP contribution in [0.1, 0.15) is 74.7 Å². The minimum absolute atomic E-state index is 0.132. The summed E-state index contributed by atoms with van der Waals surface area (Å²) >= 11 is 0. The lowest BCUT2D eigenvalue weighted by molar-refractivity contribution is 0.0899. The van der Waals surface area contributed by atoms with Crippen molar-refractivity contribution in [3.8, 4) is 0 Å². The highest BCUT2D eigenvalue weighted by molar-refractivity contribution is 5.90. The van der Waals surface area contributed by atoms with Crippen LogP contribution < -0.4 is 5.32 Å². The van der Waals surface area contributed by atoms with E-state index in [-0.39, 0.29) is 11.9 Å². The molecular weight excluding hydrogens is 240 g/mol. The van der Waals surface area contributed by atoms with Gasteiger partial charge in [0.15, 0.2) is 0 Å². The van der Waals surface area contributed by atoms with E-state index in [9.17, 15) is 4.79 Å². The van der Waals surface area contributed by atoms with Gasteiger partial charge in [-0.1, -0.05) is 13.8 Å². The van der Waals surface area contributed by atoms with Gasteiger partial charge >= 0.3 is 0 Å². The number of amides is 1. The van der Waals surface area contributed by atoms with Crippen molar-refractivity contribution >= 4 is 5.91 Å². The van der Waals surface area contributed by atoms with Crippen molar-refractivity contribution in [1.29, 1.82) is 0 Å². The highest BCUT2D eigenvalue weighted by Gasteiger charge is 2.30. The molecule has 2 fully saturated rings. The number of aromatic nitrogens is 3. The van der Waals surface area contributed by atoms with Crippen molar-refractivity contribution in [2.24, 2.45) is 5.41 Å². The van der Waals surface area contributed by atoms with Crippen LogP contribution in [-0.4, -0.2) is 27.1 Å². The van der Waals surface area contributed by atoms with Crippen LogP contribution in [0, 0.1) is 5.41 Å². The predicted molar refractivity (Wildman–Crippen MR) is 71.9 cm³/mol. The number of carbonyl (C=O) groups is 1. The van der Waals surface area contributed by atoms with E-state index < -0.39 is 0 Å². The van der Waals surface area contributed by atoms with E-state index in [1.54, 1.807) is 0 Å². The van der Waals surface area contributed by atoms with Gasteiger partial charge in [0.2, 0.25) is 5.82 Å². The highest BCUT2D eigenvalue weighted by atomic mass is 16.2. The summed E-state index contributed by atoms with van der Waals surface area (Å²) in [5.74, 6) is 1.54. The van der Waals surface area contributed by atoms with Gasteiger partial charge in [0, 0.05) is 12.0 Å². The number of carbonyl (C=O) groups excluding carboxylic acids is 1. The Bertz CT molecular complexity index is 466. The molecule has 2 N–H and O–H groups in total. The summed E-state index contributed by atoms with van der Waals surface area (Å²) in [5, 5.41) is 9.96. The molecule has 5 heteroatoms. The van der Waals surface area contributed by atoms with Crippen LogP contribution in [0.3, 0.4) is 0 Å². The Kier molecular flexibility index (Phi) is 3.07. The molecule has 5 nitrogen and oxygen atoms in total. The number of hydrogen-bond donors (Lipinski definition) is 2. The van der Waals surface area contributed by atoms with Gasteiger partial charge in [-0.2, -0.15) is 0 Å². The molecule has 1 heterocycles. The first-order valence-corrected chi connectivity index (χ1v) is 7.27. The zero-order valence-electron chi connectivity index (χ0n) is 11.7. The maximum Gasteiger partial charge on any atom is 0.291 e. The first-order valence-electron chi connectivity index (χ1n) is 7.27. The summed E-state index contributed by atoms with van der Waals surface area (Å²) in [4.78, 5) is 16.4. The van der Waals surface area contributed by atoms with Crippen molar-refractivity contribution in [3.63, 3.8) is 0 Å². The van der Waals surface area contributed by atoms with Crippen LogP contribution in [0.5, 0.6) is 0 Å². The van der Waals surface area contributed by atoms with Gasteiger partial charge in [-0.25, -0.2) is 4.98 Å². The van der Waals surface area contributed by atoms with Crippen molar-refractivity contribution in [1.82, 2.24) is 20.5 Å². The van der Waals surface area contributed by atoms with Gasteiger partial charge < -0.3 is 5.32 Å². The van der Waals surface area contributed by atoms with Gasteiger partial charge in [-0.15, -0.1) is 5.10 Å². The Morgan fingerprint density at radius 3 is 2.58 bits per heavy atom. The molecule has 3 rings (SSSR count). The third kappa shape index (κ3) is 2.96. The standard InChI is InChI=1S/C14H22N4O/c1-14(2)7-5-10(6-8-14)15-13(19)12-16-11(17-18-12)9-3-4-9/h9-10H,3-8H2,1-2H3,(H,15,19)(H,16,17,18). The van der Waals surface area contributed by atoms with Gasteiger partial charge in [0.05, 0.1) is 0 Å². The number of aromatic amines is 1. The Balaban J connectivity index is 1.55. The lowest BCUT2D eigenvalue weighted by Gasteiger charge is -2.34. The molecule has 0 aromatic carbocycles. The van der Waals surface area contributed by atoms with E-state index in [1.807, 2.05) is 0 Å². The number of nitrogens with zero attached hydrogens (tertiary/aromatic N) is 2. The average Bonchev–Trinajstić information content (AvgIpc) is 3.10. The molecule has 2 aliphatic rings. The third-order valence-electron chi connectivity index (χ3n) is 4.34. The van der Waals surface area contributed by atoms with Crippen LogP contribution in [0.15, 0.2) is 0 Å². The summed E-state index contributed by atoms with van der Waals surface area (Å²) in [6, 6.07) is 0.281. The number of hydrogen-bond acceptors (Lipinski definition) is 3. The first kappa shape index (κ1) is 12.6. The molecule has 0 saturated heterocycles. The first-order chi connectivity index (χ1) is 9.03. The summed E-state index contributed by atoms with van der Waals surface area (Å²) in [5.41, 5.74) is 0.422. The quantitative estimate of drug-likeness (QED) is 0.878. The summed E-state index contributed by atoms with van der Waals surface area (Å²) < 4.78 is 0. The van der Waals surface area contributed by atoms with E-state index in [0.29, 0.717) is 17.2 Å². The molecule has 1 aromatic rings. The second-order valence-corrected chi connectivity index (χ2v) is 6.73. The van der Waals surface area contributed by atoms with E-state index >= 15 is 0 Å². The van der Waals surface area contributed by atoms with Crippen molar-refractivity contribution in [3.05, 3.63) is 11.6 Å². The molecule has 1 amide bonds. The van der Waals surface area contributed by atoms with Crippen molar-refractivity contribution < 1.29 is 4.79 Å². The van der Waals surface area contributed by atoms with Crippen molar-refractivity contribution in [2.75, 3.05) is 0 Å². The molecule has 19 heavy (non-hydrogen) atoms. The molecule has 2 saturated carbocycles. The maximum atomic E-state index is 12.1. The highest BCUT2D eigenvalue weighted by Crippen LogP contribution is 2.38. The van der Waals surface area contributed by atoms with E-state index in [1.165, 1.54) is 12.8 Å². The average molecular weight is 262 g/mol. The fourth-order valence-electron chi connectivity index (χ4n) is 2.71. The molecule has 0 spiro atoms. The lowest BCUT2D eigenvalue weighted by atomic mass is 9.75. The Morgan fingerprint density at radius 2 is 1.95 bits per heavy atom. The zero-order valence-corrected chi connectivity index (χ0v) is 11.7. The minimum atomic E-state index is -0.132. The lowest BCUT2D eigenvalue weighted by Crippen LogP contribution is -2.39. The van der Waals surface area contributed by atoms with Gasteiger partial charge in [0.25, 0.3) is 5.91 Å². The Morgan fingerprint density at radius 1 is 1.26 bits per heavy atom. The summed E-state index contributed by atoms with van der Waals surface area (Å²) in [7, 11) is 0. The molecule has 104 valence electrons. The minimum Gasteiger partial charge on any atom is -0.347 e. The SMILES string of the molecule is CC1(C)CCC(NC(=O)c2n[nH]c(C3CC3)n2)CC1. The van der Waals surface area contributed by atoms with Gasteiger partial charge in [0.1, 0.15) is 5.82 Å². The molecule has 0 atom stereocenters. The van der Waals surface area contributed by atoms with E-state index in [4.69, 9.17) is 0 Å². The van der Waals surface area contributed by atoms with Crippen LogP contribution in [0.4, 0.5) is 0 Å². The fourth-order valence-corrected chi connectivity index (χ4v) is 2.71. The molecular formula is C14H22N4O. The van der Waals surface area contributed by atoms with Crippen LogP contribution in [0.2, 0.25) is 0 Å². The second-order valence-electron chi connectivity index (χ2n) is 6.73. The Hall–Kier alpha value is -1.39. The molecule has 1 aromatic heterocycles. The predicted octanol–water partition coefficient (Wildman–Crippen LogP) is 2.38. The Labute approximate surface area is 113 Å². The number of nitrogens with one attached hydrogen (secondary N) is 2. The van der Waals surface area contributed by atoms with Crippen LogP contribution >= 0.6 is 0 Å². The summed E-state index contributed by atoms with van der Waals surface area (Å²) in [6.07, 6.45) is 6.76. The molecule has 0 radical (unpaired) electrons. The molecule has 0 unspecified atom stereocenters. The number of H-pyrrole nitrogens is 1. The van der Waals surface area contributed by atoms with Crippen LogP contribution in [-0.2, 0) is 0 Å². The van der Waals surface area contributed by atoms with E-state index in [0.717, 1.165) is 31.5 Å².